The zero-order chi connectivity index (χ0) is 22.2. The van der Waals surface area contributed by atoms with Crippen molar-refractivity contribution in [3.05, 3.63) is 59.3 Å². The minimum Gasteiger partial charge on any atom is -0.373 e. The number of anilines is 1. The van der Waals surface area contributed by atoms with Crippen molar-refractivity contribution in [1.29, 1.82) is 0 Å². The van der Waals surface area contributed by atoms with Crippen LogP contribution in [0.25, 0.3) is 0 Å². The van der Waals surface area contributed by atoms with Crippen LogP contribution in [-0.4, -0.2) is 50.3 Å². The van der Waals surface area contributed by atoms with Crippen LogP contribution in [-0.2, 0) is 11.2 Å². The van der Waals surface area contributed by atoms with E-state index in [1.54, 1.807) is 0 Å². The van der Waals surface area contributed by atoms with Gasteiger partial charge in [-0.25, -0.2) is 4.98 Å². The van der Waals surface area contributed by atoms with E-state index in [9.17, 15) is 0 Å². The monoisotopic (exact) mass is 563 g/mol. The fourth-order valence-electron chi connectivity index (χ4n) is 4.73. The molecule has 1 fully saturated rings. The predicted molar refractivity (Wildman–Crippen MR) is 147 cm³/mol. The number of halogens is 1. The van der Waals surface area contributed by atoms with Crippen molar-refractivity contribution < 1.29 is 4.74 Å². The van der Waals surface area contributed by atoms with Gasteiger partial charge in [-0.15, -0.1) is 24.0 Å². The number of piperidine rings is 1. The molecule has 1 aromatic heterocycles. The number of nitrogens with one attached hydrogen (secondary N) is 2. The molecule has 1 atom stereocenters. The molecule has 0 amide bonds. The Kier molecular flexibility index (Phi) is 10.2. The van der Waals surface area contributed by atoms with Crippen molar-refractivity contribution in [2.24, 2.45) is 4.99 Å². The highest BCUT2D eigenvalue weighted by atomic mass is 127. The Bertz CT molecular complexity index is 898. The highest BCUT2D eigenvalue weighted by Crippen LogP contribution is 2.32. The molecule has 0 bridgehead atoms. The predicted octanol–water partition coefficient (Wildman–Crippen LogP) is 4.63. The van der Waals surface area contributed by atoms with Gasteiger partial charge in [0.25, 0.3) is 0 Å². The molecule has 2 N–H and O–H groups in total. The lowest BCUT2D eigenvalue weighted by molar-refractivity contribution is 0.0398. The molecular formula is C26H38IN5O. The largest absolute Gasteiger partial charge is 0.373 e. The smallest absolute Gasteiger partial charge is 0.191 e. The van der Waals surface area contributed by atoms with E-state index in [4.69, 9.17) is 4.74 Å². The van der Waals surface area contributed by atoms with Crippen molar-refractivity contribution in [3.8, 4) is 0 Å². The SMILES string of the molecule is CN=C(NCCCOC1CCCc2ccccc21)NC1CCN(c2cccc(C)n2)CC1.I. The highest BCUT2D eigenvalue weighted by Gasteiger charge is 2.21. The maximum absolute atomic E-state index is 6.23. The van der Waals surface area contributed by atoms with Gasteiger partial charge >= 0.3 is 0 Å². The Hall–Kier alpha value is -1.87. The summed E-state index contributed by atoms with van der Waals surface area (Å²) in [6.45, 7) is 5.71. The molecule has 7 heteroatoms. The Morgan fingerprint density at radius 3 is 2.73 bits per heavy atom. The topological polar surface area (TPSA) is 61.8 Å². The number of aliphatic imine (C=N–C) groups is 1. The van der Waals surface area contributed by atoms with Crippen molar-refractivity contribution in [3.63, 3.8) is 0 Å². The van der Waals surface area contributed by atoms with Crippen LogP contribution < -0.4 is 15.5 Å². The van der Waals surface area contributed by atoms with Gasteiger partial charge in [0.05, 0.1) is 6.10 Å². The molecule has 0 spiro atoms. The van der Waals surface area contributed by atoms with Gasteiger partial charge in [0.2, 0.25) is 0 Å². The molecule has 0 saturated carbocycles. The average molecular weight is 564 g/mol. The number of nitrogens with zero attached hydrogens (tertiary/aromatic N) is 3. The van der Waals surface area contributed by atoms with Gasteiger partial charge in [0, 0.05) is 45.0 Å². The maximum atomic E-state index is 6.23. The van der Waals surface area contributed by atoms with Gasteiger partial charge in [-0.1, -0.05) is 30.3 Å². The van der Waals surface area contributed by atoms with Crippen molar-refractivity contribution in [2.75, 3.05) is 38.2 Å². The van der Waals surface area contributed by atoms with Gasteiger partial charge in [-0.2, -0.15) is 0 Å². The molecule has 1 aliphatic carbocycles. The molecule has 2 heterocycles. The first kappa shape index (κ1) is 25.7. The van der Waals surface area contributed by atoms with Crippen LogP contribution >= 0.6 is 24.0 Å². The molecule has 2 aliphatic rings. The van der Waals surface area contributed by atoms with Crippen LogP contribution in [0.3, 0.4) is 0 Å². The van der Waals surface area contributed by atoms with Crippen LogP contribution in [0.1, 0.15) is 55.0 Å². The third-order valence-corrected chi connectivity index (χ3v) is 6.50. The number of fused-ring (bicyclic) bond motifs is 1. The number of aromatic nitrogens is 1. The second kappa shape index (κ2) is 13.1. The second-order valence-corrected chi connectivity index (χ2v) is 8.85. The molecule has 4 rings (SSSR count). The Balaban J connectivity index is 0.00000306. The number of hydrogen-bond acceptors (Lipinski definition) is 4. The molecule has 0 radical (unpaired) electrons. The molecule has 1 saturated heterocycles. The van der Waals surface area contributed by atoms with E-state index >= 15 is 0 Å². The first-order valence-corrected chi connectivity index (χ1v) is 12.1. The fourth-order valence-corrected chi connectivity index (χ4v) is 4.73. The molecular weight excluding hydrogens is 525 g/mol. The second-order valence-electron chi connectivity index (χ2n) is 8.85. The van der Waals surface area contributed by atoms with Crippen LogP contribution in [0, 0.1) is 6.92 Å². The van der Waals surface area contributed by atoms with E-state index in [0.29, 0.717) is 6.04 Å². The number of rotatable bonds is 7. The normalized spacial score (nSPS) is 18.9. The quantitative estimate of drug-likeness (QED) is 0.223. The number of benzene rings is 1. The molecule has 2 aromatic rings. The minimum atomic E-state index is 0. The summed E-state index contributed by atoms with van der Waals surface area (Å²) in [5.74, 6) is 1.98. The maximum Gasteiger partial charge on any atom is 0.191 e. The van der Waals surface area contributed by atoms with E-state index in [1.807, 2.05) is 20.0 Å². The third kappa shape index (κ3) is 7.30. The molecule has 6 nitrogen and oxygen atoms in total. The van der Waals surface area contributed by atoms with Crippen LogP contribution in [0.4, 0.5) is 5.82 Å². The summed E-state index contributed by atoms with van der Waals surface area (Å²) in [5.41, 5.74) is 3.91. The van der Waals surface area contributed by atoms with E-state index in [-0.39, 0.29) is 30.1 Å². The summed E-state index contributed by atoms with van der Waals surface area (Å²) >= 11 is 0. The first-order valence-electron chi connectivity index (χ1n) is 12.1. The fraction of sp³-hybridized carbons (Fsp3) is 0.538. The number of pyridine rings is 1. The first-order chi connectivity index (χ1) is 15.7. The lowest BCUT2D eigenvalue weighted by Gasteiger charge is -2.34. The standard InChI is InChI=1S/C26H37N5O.HI/c1-20-8-5-13-25(29-20)31-17-14-22(15-18-31)30-26(27-2)28-16-7-19-32-24-12-6-10-21-9-3-4-11-23(21)24;/h3-5,8-9,11,13,22,24H,6-7,10,12,14-19H2,1-2H3,(H2,27,28,30);1H. The molecule has 180 valence electrons. The Labute approximate surface area is 215 Å². The van der Waals surface area contributed by atoms with E-state index in [0.717, 1.165) is 69.4 Å². The Morgan fingerprint density at radius 1 is 1.12 bits per heavy atom. The van der Waals surface area contributed by atoms with Gasteiger partial charge in [-0.05, 0) is 68.7 Å². The van der Waals surface area contributed by atoms with Crippen molar-refractivity contribution >= 4 is 35.8 Å². The summed E-state index contributed by atoms with van der Waals surface area (Å²) in [6, 6.07) is 15.4. The van der Waals surface area contributed by atoms with Gasteiger partial charge in [0.15, 0.2) is 5.96 Å². The minimum absolute atomic E-state index is 0. The number of hydrogen-bond donors (Lipinski definition) is 2. The zero-order valence-corrected chi connectivity index (χ0v) is 22.3. The molecule has 1 aliphatic heterocycles. The van der Waals surface area contributed by atoms with Gasteiger partial charge in [-0.3, -0.25) is 4.99 Å². The average Bonchev–Trinajstić information content (AvgIpc) is 2.83. The Morgan fingerprint density at radius 2 is 1.94 bits per heavy atom. The summed E-state index contributed by atoms with van der Waals surface area (Å²) < 4.78 is 6.23. The summed E-state index contributed by atoms with van der Waals surface area (Å²) in [6.07, 6.45) is 6.92. The highest BCUT2D eigenvalue weighted by molar-refractivity contribution is 14.0. The number of ether oxygens (including phenoxy) is 1. The van der Waals surface area contributed by atoms with Crippen LogP contribution in [0.15, 0.2) is 47.5 Å². The van der Waals surface area contributed by atoms with Crippen LogP contribution in [0.2, 0.25) is 0 Å². The van der Waals surface area contributed by atoms with E-state index in [2.05, 4.69) is 61.9 Å². The van der Waals surface area contributed by atoms with E-state index < -0.39 is 0 Å². The molecule has 1 unspecified atom stereocenters. The summed E-state index contributed by atoms with van der Waals surface area (Å²) in [5, 5.41) is 7.05. The van der Waals surface area contributed by atoms with Gasteiger partial charge in [0.1, 0.15) is 5.82 Å². The summed E-state index contributed by atoms with van der Waals surface area (Å²) in [4.78, 5) is 11.5. The van der Waals surface area contributed by atoms with Crippen LogP contribution in [0.5, 0.6) is 0 Å². The summed E-state index contributed by atoms with van der Waals surface area (Å²) in [7, 11) is 1.84. The van der Waals surface area contributed by atoms with Crippen molar-refractivity contribution in [2.45, 2.75) is 57.6 Å². The zero-order valence-electron chi connectivity index (χ0n) is 19.9. The number of aryl methyl sites for hydroxylation is 2. The molecule has 33 heavy (non-hydrogen) atoms. The van der Waals surface area contributed by atoms with Gasteiger partial charge < -0.3 is 20.3 Å². The number of guanidine groups is 1. The lowest BCUT2D eigenvalue weighted by atomic mass is 9.89. The van der Waals surface area contributed by atoms with Crippen molar-refractivity contribution in [1.82, 2.24) is 15.6 Å². The molecule has 1 aromatic carbocycles. The lowest BCUT2D eigenvalue weighted by Crippen LogP contribution is -2.49. The third-order valence-electron chi connectivity index (χ3n) is 6.50. The van der Waals surface area contributed by atoms with E-state index in [1.165, 1.54) is 24.0 Å².